The number of nitrogens with one attached hydrogen (secondary N) is 1. The fraction of sp³-hybridized carbons (Fsp3) is 0.0769. The van der Waals surface area contributed by atoms with Crippen LogP contribution in [0, 0.1) is 0 Å². The molecule has 1 heterocycles. The second-order valence-corrected chi connectivity index (χ2v) is 5.30. The zero-order valence-electron chi connectivity index (χ0n) is 10.3. The molecule has 0 saturated carbocycles. The number of rotatable bonds is 4. The number of anilines is 1. The lowest BCUT2D eigenvalue weighted by Gasteiger charge is -2.09. The van der Waals surface area contributed by atoms with Crippen LogP contribution in [0.25, 0.3) is 0 Å². The van der Waals surface area contributed by atoms with Crippen molar-refractivity contribution in [2.75, 3.05) is 5.32 Å². The fourth-order valence-electron chi connectivity index (χ4n) is 1.61. The van der Waals surface area contributed by atoms with E-state index in [1.54, 1.807) is 18.3 Å². The number of oxime groups is 1. The van der Waals surface area contributed by atoms with Crippen molar-refractivity contribution in [3.63, 3.8) is 0 Å². The third-order valence-electron chi connectivity index (χ3n) is 2.61. The van der Waals surface area contributed by atoms with Gasteiger partial charge in [0, 0.05) is 22.2 Å². The summed E-state index contributed by atoms with van der Waals surface area (Å²) in [5.41, 5.74) is 7.78. The van der Waals surface area contributed by atoms with Gasteiger partial charge in [0.2, 0.25) is 0 Å². The van der Waals surface area contributed by atoms with E-state index in [0.717, 1.165) is 15.7 Å². The maximum absolute atomic E-state index is 8.64. The van der Waals surface area contributed by atoms with Crippen LogP contribution in [0.3, 0.4) is 0 Å². The smallest absolute Gasteiger partial charge is 0.188 e. The highest BCUT2D eigenvalue weighted by Gasteiger charge is 2.04. The number of halogens is 2. The molecule has 0 bridgehead atoms. The average molecular weight is 356 g/mol. The molecular weight excluding hydrogens is 344 g/mol. The lowest BCUT2D eigenvalue weighted by molar-refractivity contribution is 0.318. The highest BCUT2D eigenvalue weighted by molar-refractivity contribution is 9.10. The van der Waals surface area contributed by atoms with Gasteiger partial charge < -0.3 is 16.3 Å². The standard InChI is InChI=1S/C13H12BrClN4O/c14-10-2-1-9(15)6-11(10)18-7-8-3-4-17-12(5-8)13(16)19-20/h1-6,18,20H,7H2,(H2,16,19). The number of hydrogen-bond acceptors (Lipinski definition) is 4. The van der Waals surface area contributed by atoms with Gasteiger partial charge in [-0.3, -0.25) is 4.98 Å². The number of amidine groups is 1. The Morgan fingerprint density at radius 3 is 2.95 bits per heavy atom. The van der Waals surface area contributed by atoms with Crippen LogP contribution in [0.4, 0.5) is 5.69 Å². The Bertz CT molecular complexity index is 648. The molecule has 1 aromatic carbocycles. The predicted molar refractivity (Wildman–Crippen MR) is 83.2 cm³/mol. The fourth-order valence-corrected chi connectivity index (χ4v) is 2.16. The Balaban J connectivity index is 2.13. The van der Waals surface area contributed by atoms with Gasteiger partial charge in [0.25, 0.3) is 0 Å². The van der Waals surface area contributed by atoms with Gasteiger partial charge in [-0.2, -0.15) is 0 Å². The Labute approximate surface area is 129 Å². The van der Waals surface area contributed by atoms with Crippen molar-refractivity contribution in [3.05, 3.63) is 57.3 Å². The van der Waals surface area contributed by atoms with Gasteiger partial charge >= 0.3 is 0 Å². The Morgan fingerprint density at radius 1 is 1.40 bits per heavy atom. The second-order valence-electron chi connectivity index (χ2n) is 4.01. The van der Waals surface area contributed by atoms with Gasteiger partial charge in [0.15, 0.2) is 5.84 Å². The number of pyridine rings is 1. The topological polar surface area (TPSA) is 83.5 Å². The summed E-state index contributed by atoms with van der Waals surface area (Å²) >= 11 is 9.40. The van der Waals surface area contributed by atoms with E-state index in [0.29, 0.717) is 17.3 Å². The van der Waals surface area contributed by atoms with Crippen LogP contribution >= 0.6 is 27.5 Å². The van der Waals surface area contributed by atoms with Crippen LogP contribution in [-0.4, -0.2) is 16.0 Å². The van der Waals surface area contributed by atoms with Gasteiger partial charge in [-0.15, -0.1) is 0 Å². The lowest BCUT2D eigenvalue weighted by Crippen LogP contribution is -2.15. The summed E-state index contributed by atoms with van der Waals surface area (Å²) in [7, 11) is 0. The molecule has 0 fully saturated rings. The summed E-state index contributed by atoms with van der Waals surface area (Å²) in [6.45, 7) is 0.563. The molecule has 2 aromatic rings. The van der Waals surface area contributed by atoms with E-state index >= 15 is 0 Å². The van der Waals surface area contributed by atoms with E-state index in [1.807, 2.05) is 18.2 Å². The SMILES string of the molecule is N/C(=N/O)c1cc(CNc2cc(Cl)ccc2Br)ccn1. The quantitative estimate of drug-likeness (QED) is 0.340. The maximum atomic E-state index is 8.64. The van der Waals surface area contributed by atoms with E-state index < -0.39 is 0 Å². The molecule has 1 aromatic heterocycles. The highest BCUT2D eigenvalue weighted by atomic mass is 79.9. The highest BCUT2D eigenvalue weighted by Crippen LogP contribution is 2.26. The van der Waals surface area contributed by atoms with Crippen molar-refractivity contribution in [3.8, 4) is 0 Å². The van der Waals surface area contributed by atoms with Gasteiger partial charge in [-0.1, -0.05) is 16.8 Å². The Hall–Kier alpha value is -1.79. The Morgan fingerprint density at radius 2 is 2.20 bits per heavy atom. The van der Waals surface area contributed by atoms with Gasteiger partial charge in [0.05, 0.1) is 5.69 Å². The number of aromatic nitrogens is 1. The molecule has 0 unspecified atom stereocenters. The first kappa shape index (κ1) is 14.6. The molecule has 0 spiro atoms. The zero-order chi connectivity index (χ0) is 14.5. The molecule has 2 rings (SSSR count). The molecule has 0 saturated heterocycles. The van der Waals surface area contributed by atoms with Crippen molar-refractivity contribution < 1.29 is 5.21 Å². The van der Waals surface area contributed by atoms with Crippen molar-refractivity contribution in [2.45, 2.75) is 6.54 Å². The average Bonchev–Trinajstić information content (AvgIpc) is 2.47. The van der Waals surface area contributed by atoms with E-state index in [9.17, 15) is 0 Å². The number of benzene rings is 1. The third-order valence-corrected chi connectivity index (χ3v) is 3.53. The summed E-state index contributed by atoms with van der Waals surface area (Å²) in [4.78, 5) is 4.02. The van der Waals surface area contributed by atoms with Crippen molar-refractivity contribution >= 4 is 39.1 Å². The van der Waals surface area contributed by atoms with Crippen LogP contribution in [0.1, 0.15) is 11.3 Å². The molecule has 0 amide bonds. The molecule has 0 aliphatic heterocycles. The summed E-state index contributed by atoms with van der Waals surface area (Å²) < 4.78 is 0.924. The Kier molecular flexibility index (Phi) is 4.81. The minimum absolute atomic E-state index is 0.0178. The summed E-state index contributed by atoms with van der Waals surface area (Å²) in [6.07, 6.45) is 1.61. The number of nitrogens with zero attached hydrogens (tertiary/aromatic N) is 2. The molecule has 20 heavy (non-hydrogen) atoms. The van der Waals surface area contributed by atoms with Crippen molar-refractivity contribution in [1.29, 1.82) is 0 Å². The normalized spacial score (nSPS) is 11.4. The first-order valence-corrected chi connectivity index (χ1v) is 6.89. The second kappa shape index (κ2) is 6.58. The molecule has 0 aliphatic rings. The van der Waals surface area contributed by atoms with Crippen molar-refractivity contribution in [2.24, 2.45) is 10.9 Å². The predicted octanol–water partition coefficient (Wildman–Crippen LogP) is 3.20. The number of nitrogens with two attached hydrogens (primary N) is 1. The lowest BCUT2D eigenvalue weighted by atomic mass is 10.2. The third kappa shape index (κ3) is 3.61. The van der Waals surface area contributed by atoms with Crippen LogP contribution < -0.4 is 11.1 Å². The molecule has 0 atom stereocenters. The molecule has 0 aliphatic carbocycles. The maximum Gasteiger partial charge on any atom is 0.188 e. The van der Waals surface area contributed by atoms with E-state index in [1.165, 1.54) is 0 Å². The van der Waals surface area contributed by atoms with Gasteiger partial charge in [-0.25, -0.2) is 0 Å². The van der Waals surface area contributed by atoms with E-state index in [2.05, 4.69) is 31.4 Å². The van der Waals surface area contributed by atoms with Gasteiger partial charge in [0.1, 0.15) is 5.69 Å². The summed E-state index contributed by atoms with van der Waals surface area (Å²) in [5.74, 6) is -0.0178. The molecule has 104 valence electrons. The largest absolute Gasteiger partial charge is 0.409 e. The minimum atomic E-state index is -0.0178. The van der Waals surface area contributed by atoms with E-state index in [-0.39, 0.29) is 5.84 Å². The molecular formula is C13H12BrClN4O. The van der Waals surface area contributed by atoms with Crippen LogP contribution in [0.5, 0.6) is 0 Å². The zero-order valence-corrected chi connectivity index (χ0v) is 12.7. The van der Waals surface area contributed by atoms with E-state index in [4.69, 9.17) is 22.5 Å². The monoisotopic (exact) mass is 354 g/mol. The van der Waals surface area contributed by atoms with Crippen LogP contribution in [0.2, 0.25) is 5.02 Å². The first-order valence-electron chi connectivity index (χ1n) is 5.72. The molecule has 4 N–H and O–H groups in total. The first-order chi connectivity index (χ1) is 9.60. The summed E-state index contributed by atoms with van der Waals surface area (Å²) in [5, 5.41) is 15.5. The molecule has 0 radical (unpaired) electrons. The van der Waals surface area contributed by atoms with Crippen LogP contribution in [-0.2, 0) is 6.54 Å². The molecule has 5 nitrogen and oxygen atoms in total. The number of hydrogen-bond donors (Lipinski definition) is 3. The van der Waals surface area contributed by atoms with Crippen molar-refractivity contribution in [1.82, 2.24) is 4.98 Å². The summed E-state index contributed by atoms with van der Waals surface area (Å²) in [6, 6.07) is 9.11. The minimum Gasteiger partial charge on any atom is -0.409 e. The van der Waals surface area contributed by atoms with Crippen LogP contribution in [0.15, 0.2) is 46.2 Å². The molecule has 7 heteroatoms. The van der Waals surface area contributed by atoms with Gasteiger partial charge in [-0.05, 0) is 51.8 Å².